The van der Waals surface area contributed by atoms with Crippen molar-refractivity contribution >= 4 is 27.5 Å². The summed E-state index contributed by atoms with van der Waals surface area (Å²) in [7, 11) is -4.02. The van der Waals surface area contributed by atoms with Crippen molar-refractivity contribution in [3.05, 3.63) is 59.9 Å². The summed E-state index contributed by atoms with van der Waals surface area (Å²) in [6.07, 6.45) is 7.67. The van der Waals surface area contributed by atoms with Crippen molar-refractivity contribution in [2.75, 3.05) is 4.72 Å². The first kappa shape index (κ1) is 22.8. The number of para-hydroxylation sites is 1. The lowest BCUT2D eigenvalue weighted by Gasteiger charge is -2.56. The normalized spacial score (nSPS) is 27.3. The third kappa shape index (κ3) is 4.66. The van der Waals surface area contributed by atoms with Gasteiger partial charge in [-0.2, -0.15) is 0 Å². The molecule has 0 aromatic heterocycles. The van der Waals surface area contributed by atoms with Crippen LogP contribution in [0.5, 0.6) is 0 Å². The minimum Gasteiger partial charge on any atom is -0.277 e. The van der Waals surface area contributed by atoms with Crippen LogP contribution in [0.25, 0.3) is 0 Å². The lowest BCUT2D eigenvalue weighted by molar-refractivity contribution is -0.130. The van der Waals surface area contributed by atoms with Crippen LogP contribution in [-0.4, -0.2) is 20.2 Å². The molecule has 2 amide bonds. The van der Waals surface area contributed by atoms with Crippen LogP contribution >= 0.6 is 0 Å². The monoisotopic (exact) mass is 485 g/mol. The molecule has 0 radical (unpaired) electrons. The molecule has 4 aliphatic rings. The Balaban J connectivity index is 1.16. The van der Waals surface area contributed by atoms with E-state index < -0.39 is 21.7 Å². The number of carbonyl (C=O) groups excluding carboxylic acids is 2. The van der Waals surface area contributed by atoms with Crippen LogP contribution in [0.2, 0.25) is 0 Å². The first-order chi connectivity index (χ1) is 16.2. The first-order valence-corrected chi connectivity index (χ1v) is 13.2. The van der Waals surface area contributed by atoms with Crippen LogP contribution in [0.3, 0.4) is 0 Å². The molecule has 9 heteroatoms. The van der Waals surface area contributed by atoms with Gasteiger partial charge < -0.3 is 0 Å². The third-order valence-corrected chi connectivity index (χ3v) is 8.94. The fourth-order valence-electron chi connectivity index (χ4n) is 6.62. The summed E-state index contributed by atoms with van der Waals surface area (Å²) in [5, 5.41) is 0. The fraction of sp³-hybridized carbons (Fsp3) is 0.440. The summed E-state index contributed by atoms with van der Waals surface area (Å²) in [6.45, 7) is 0. The molecular formula is C25H28FN3O4S. The zero-order valence-electron chi connectivity index (χ0n) is 18.7. The van der Waals surface area contributed by atoms with Crippen LogP contribution in [0, 0.1) is 29.0 Å². The summed E-state index contributed by atoms with van der Waals surface area (Å²) >= 11 is 0. The second-order valence-corrected chi connectivity index (χ2v) is 11.9. The molecule has 34 heavy (non-hydrogen) atoms. The number of amides is 2. The maximum absolute atomic E-state index is 13.8. The second kappa shape index (κ2) is 8.69. The zero-order valence-corrected chi connectivity index (χ0v) is 19.5. The number of benzene rings is 2. The molecule has 7 nitrogen and oxygen atoms in total. The number of hydrazine groups is 1. The molecule has 0 unspecified atom stereocenters. The molecule has 6 rings (SSSR count). The molecule has 180 valence electrons. The third-order valence-electron chi connectivity index (χ3n) is 7.56. The molecule has 0 saturated heterocycles. The molecule has 0 aliphatic heterocycles. The molecule has 3 N–H and O–H groups in total. The molecule has 0 spiro atoms. The van der Waals surface area contributed by atoms with Crippen molar-refractivity contribution in [2.24, 2.45) is 23.2 Å². The average molecular weight is 486 g/mol. The highest BCUT2D eigenvalue weighted by atomic mass is 32.2. The second-order valence-electron chi connectivity index (χ2n) is 10.2. The number of rotatable bonds is 6. The maximum atomic E-state index is 13.8. The highest BCUT2D eigenvalue weighted by Gasteiger charge is 2.51. The Morgan fingerprint density at radius 3 is 2.06 bits per heavy atom. The van der Waals surface area contributed by atoms with Gasteiger partial charge in [0, 0.05) is 12.0 Å². The maximum Gasteiger partial charge on any atom is 0.269 e. The Morgan fingerprint density at radius 1 is 0.882 bits per heavy atom. The predicted molar refractivity (Wildman–Crippen MR) is 124 cm³/mol. The van der Waals surface area contributed by atoms with Crippen molar-refractivity contribution in [1.29, 1.82) is 0 Å². The standard InChI is InChI=1S/C25H28FN3O4S/c26-21-3-1-2-4-22(21)29-34(32,33)20-7-5-19(6-8-20)24(31)28-27-23(30)15-25-12-16-9-17(13-25)11-18(10-16)14-25/h1-8,16-18,29H,9-15H2,(H,27,30)(H,28,31). The van der Waals surface area contributed by atoms with Gasteiger partial charge in [0.15, 0.2) is 0 Å². The zero-order chi connectivity index (χ0) is 23.9. The number of halogens is 1. The number of anilines is 1. The Hall–Kier alpha value is -2.94. The summed E-state index contributed by atoms with van der Waals surface area (Å²) in [5.41, 5.74) is 5.07. The Kier molecular flexibility index (Phi) is 5.83. The SMILES string of the molecule is O=C(CC12CC3CC(CC(C3)C1)C2)NNC(=O)c1ccc(S(=O)(=O)Nc2ccccc2F)cc1. The van der Waals surface area contributed by atoms with Crippen LogP contribution in [0.1, 0.15) is 55.3 Å². The van der Waals surface area contributed by atoms with Crippen LogP contribution in [-0.2, 0) is 14.8 Å². The molecule has 2 aromatic rings. The molecule has 4 aliphatic carbocycles. The van der Waals surface area contributed by atoms with E-state index in [1.54, 1.807) is 0 Å². The van der Waals surface area contributed by atoms with E-state index in [0.29, 0.717) is 6.42 Å². The highest BCUT2D eigenvalue weighted by molar-refractivity contribution is 7.92. The minimum atomic E-state index is -4.02. The van der Waals surface area contributed by atoms with E-state index in [2.05, 4.69) is 15.6 Å². The predicted octanol–water partition coefficient (Wildman–Crippen LogP) is 3.99. The van der Waals surface area contributed by atoms with E-state index in [1.165, 1.54) is 61.7 Å². The van der Waals surface area contributed by atoms with Gasteiger partial charge in [-0.15, -0.1) is 0 Å². The molecule has 4 fully saturated rings. The summed E-state index contributed by atoms with van der Waals surface area (Å²) in [6, 6.07) is 10.7. The van der Waals surface area contributed by atoms with Crippen LogP contribution in [0.4, 0.5) is 10.1 Å². The van der Waals surface area contributed by atoms with Gasteiger partial charge in [0.05, 0.1) is 10.6 Å². The first-order valence-electron chi connectivity index (χ1n) is 11.7. The highest BCUT2D eigenvalue weighted by Crippen LogP contribution is 2.61. The van der Waals surface area contributed by atoms with Crippen molar-refractivity contribution in [1.82, 2.24) is 10.9 Å². The lowest BCUT2D eigenvalue weighted by atomic mass is 9.49. The number of carbonyl (C=O) groups is 2. The van der Waals surface area contributed by atoms with Crippen LogP contribution in [0.15, 0.2) is 53.4 Å². The summed E-state index contributed by atoms with van der Waals surface area (Å²) < 4.78 is 41.0. The van der Waals surface area contributed by atoms with Gasteiger partial charge in [0.2, 0.25) is 5.91 Å². The number of sulfonamides is 1. The van der Waals surface area contributed by atoms with Gasteiger partial charge in [-0.05, 0) is 98.1 Å². The van der Waals surface area contributed by atoms with E-state index in [9.17, 15) is 22.4 Å². The number of nitrogens with one attached hydrogen (secondary N) is 3. The molecule has 0 atom stereocenters. The van der Waals surface area contributed by atoms with Gasteiger partial charge in [0.25, 0.3) is 15.9 Å². The number of hydrogen-bond donors (Lipinski definition) is 3. The molecule has 0 heterocycles. The van der Waals surface area contributed by atoms with E-state index >= 15 is 0 Å². The molecule has 4 bridgehead atoms. The number of hydrogen-bond acceptors (Lipinski definition) is 4. The van der Waals surface area contributed by atoms with Crippen molar-refractivity contribution in [3.8, 4) is 0 Å². The van der Waals surface area contributed by atoms with Crippen molar-refractivity contribution < 1.29 is 22.4 Å². The fourth-order valence-corrected chi connectivity index (χ4v) is 7.69. The molecule has 2 aromatic carbocycles. The molecule has 4 saturated carbocycles. The van der Waals surface area contributed by atoms with Gasteiger partial charge in [0.1, 0.15) is 5.82 Å². The minimum absolute atomic E-state index is 0.0742. The van der Waals surface area contributed by atoms with Gasteiger partial charge in [-0.25, -0.2) is 12.8 Å². The van der Waals surface area contributed by atoms with E-state index in [0.717, 1.165) is 43.1 Å². The Labute approximate surface area is 198 Å². The largest absolute Gasteiger partial charge is 0.277 e. The Bertz CT molecular complexity index is 1180. The topological polar surface area (TPSA) is 104 Å². The summed E-state index contributed by atoms with van der Waals surface area (Å²) in [5.74, 6) is 0.823. The van der Waals surface area contributed by atoms with Crippen molar-refractivity contribution in [3.63, 3.8) is 0 Å². The Morgan fingerprint density at radius 2 is 1.47 bits per heavy atom. The summed E-state index contributed by atoms with van der Waals surface area (Å²) in [4.78, 5) is 25.0. The van der Waals surface area contributed by atoms with Gasteiger partial charge in [-0.3, -0.25) is 25.2 Å². The lowest BCUT2D eigenvalue weighted by Crippen LogP contribution is -2.50. The van der Waals surface area contributed by atoms with E-state index in [4.69, 9.17) is 0 Å². The smallest absolute Gasteiger partial charge is 0.269 e. The molecular weight excluding hydrogens is 457 g/mol. The average Bonchev–Trinajstić information content (AvgIpc) is 2.78. The quantitative estimate of drug-likeness (QED) is 0.538. The van der Waals surface area contributed by atoms with E-state index in [-0.39, 0.29) is 27.5 Å². The van der Waals surface area contributed by atoms with Crippen LogP contribution < -0.4 is 15.6 Å². The van der Waals surface area contributed by atoms with Crippen molar-refractivity contribution in [2.45, 2.75) is 49.8 Å². The van der Waals surface area contributed by atoms with E-state index in [1.807, 2.05) is 0 Å². The van der Waals surface area contributed by atoms with Gasteiger partial charge in [-0.1, -0.05) is 12.1 Å². The van der Waals surface area contributed by atoms with Gasteiger partial charge >= 0.3 is 0 Å².